The highest BCUT2D eigenvalue weighted by molar-refractivity contribution is 5.94. The third-order valence-electron chi connectivity index (χ3n) is 2.86. The van der Waals surface area contributed by atoms with E-state index in [1.54, 1.807) is 24.3 Å². The molecule has 1 unspecified atom stereocenters. The van der Waals surface area contributed by atoms with Crippen LogP contribution in [0.1, 0.15) is 31.7 Å². The monoisotopic (exact) mass is 288 g/mol. The molecule has 1 rings (SSSR count). The summed E-state index contributed by atoms with van der Waals surface area (Å²) in [4.78, 5) is 11.7. The van der Waals surface area contributed by atoms with Crippen LogP contribution in [0.15, 0.2) is 24.3 Å². The summed E-state index contributed by atoms with van der Waals surface area (Å²) in [7, 11) is 0. The smallest absolute Gasteiger partial charge is 0.325 e. The quantitative estimate of drug-likeness (QED) is 0.844. The Kier molecular flexibility index (Phi) is 6.01. The first-order chi connectivity index (χ1) is 9.31. The van der Waals surface area contributed by atoms with Crippen molar-refractivity contribution in [1.82, 2.24) is 0 Å². The molecule has 6 heteroatoms. The Labute approximate surface area is 116 Å². The number of carbonyl (C=O) groups is 1. The van der Waals surface area contributed by atoms with Gasteiger partial charge in [0, 0.05) is 12.1 Å². The first-order valence-corrected chi connectivity index (χ1v) is 6.54. The molecule has 0 radical (unpaired) electrons. The summed E-state index contributed by atoms with van der Waals surface area (Å²) in [5.41, 5.74) is 6.78. The van der Waals surface area contributed by atoms with Crippen LogP contribution in [0, 0.1) is 0 Å². The second kappa shape index (κ2) is 7.28. The van der Waals surface area contributed by atoms with Crippen molar-refractivity contribution in [3.63, 3.8) is 0 Å². The van der Waals surface area contributed by atoms with Crippen LogP contribution < -0.4 is 11.1 Å². The highest BCUT2D eigenvalue weighted by atomic mass is 19.4. The van der Waals surface area contributed by atoms with Crippen molar-refractivity contribution in [1.29, 1.82) is 0 Å². The van der Waals surface area contributed by atoms with Gasteiger partial charge in [-0.2, -0.15) is 13.2 Å². The van der Waals surface area contributed by atoms with Crippen molar-refractivity contribution >= 4 is 11.6 Å². The second-order valence-electron chi connectivity index (χ2n) is 4.70. The Bertz CT molecular complexity index is 429. The molecular formula is C14H19F3N2O. The fourth-order valence-corrected chi connectivity index (χ4v) is 1.72. The highest BCUT2D eigenvalue weighted by Crippen LogP contribution is 2.22. The van der Waals surface area contributed by atoms with Crippen LogP contribution in [0.25, 0.3) is 0 Å². The van der Waals surface area contributed by atoms with Crippen LogP contribution in [0.3, 0.4) is 0 Å². The van der Waals surface area contributed by atoms with Gasteiger partial charge in [-0.3, -0.25) is 4.79 Å². The maximum atomic E-state index is 12.1. The van der Waals surface area contributed by atoms with Crippen LogP contribution in [-0.2, 0) is 11.2 Å². The van der Waals surface area contributed by atoms with Crippen LogP contribution in [0.5, 0.6) is 0 Å². The van der Waals surface area contributed by atoms with Gasteiger partial charge in [-0.25, -0.2) is 0 Å². The lowest BCUT2D eigenvalue weighted by Crippen LogP contribution is -2.35. The zero-order valence-corrected chi connectivity index (χ0v) is 11.3. The number of alkyl halides is 3. The number of hydrogen-bond acceptors (Lipinski definition) is 2. The van der Waals surface area contributed by atoms with Crippen LogP contribution in [0.2, 0.25) is 0 Å². The van der Waals surface area contributed by atoms with Gasteiger partial charge in [0.05, 0.1) is 6.04 Å². The fraction of sp³-hybridized carbons (Fsp3) is 0.500. The number of aryl methyl sites for hydroxylation is 1. The molecule has 1 aromatic rings. The van der Waals surface area contributed by atoms with E-state index in [1.807, 2.05) is 6.92 Å². The van der Waals surface area contributed by atoms with E-state index >= 15 is 0 Å². The first kappa shape index (κ1) is 16.5. The number of carbonyl (C=O) groups excluding carboxylic acids is 1. The third-order valence-corrected chi connectivity index (χ3v) is 2.86. The second-order valence-corrected chi connectivity index (χ2v) is 4.70. The maximum Gasteiger partial charge on any atom is 0.389 e. The molecule has 112 valence electrons. The zero-order valence-electron chi connectivity index (χ0n) is 11.3. The standard InChI is InChI=1S/C14H19F3N2O/c1-2-3-12(18)13(20)19-11-6-4-10(5-7-11)8-9-14(15,16)17/h4-7,12H,2-3,8-9,18H2,1H3,(H,19,20). The topological polar surface area (TPSA) is 55.1 Å². The highest BCUT2D eigenvalue weighted by Gasteiger charge is 2.26. The van der Waals surface area contributed by atoms with E-state index in [-0.39, 0.29) is 12.3 Å². The molecule has 0 heterocycles. The van der Waals surface area contributed by atoms with E-state index < -0.39 is 18.6 Å². The minimum Gasteiger partial charge on any atom is -0.325 e. The molecule has 20 heavy (non-hydrogen) atoms. The Morgan fingerprint density at radius 2 is 1.90 bits per heavy atom. The average molecular weight is 288 g/mol. The molecule has 0 aliphatic carbocycles. The summed E-state index contributed by atoms with van der Waals surface area (Å²) in [6.07, 6.45) is -3.66. The molecule has 0 aliphatic heterocycles. The molecule has 0 spiro atoms. The van der Waals surface area contributed by atoms with Crippen LogP contribution >= 0.6 is 0 Å². The molecule has 0 saturated heterocycles. The minimum absolute atomic E-state index is 0.0624. The summed E-state index contributed by atoms with van der Waals surface area (Å²) in [6, 6.07) is 5.76. The van der Waals surface area contributed by atoms with Crippen molar-refractivity contribution < 1.29 is 18.0 Å². The van der Waals surface area contributed by atoms with Crippen molar-refractivity contribution in [2.24, 2.45) is 5.73 Å². The summed E-state index contributed by atoms with van der Waals surface area (Å²) in [5, 5.41) is 2.64. The normalized spacial score (nSPS) is 13.1. The Morgan fingerprint density at radius 3 is 2.40 bits per heavy atom. The Morgan fingerprint density at radius 1 is 1.30 bits per heavy atom. The van der Waals surface area contributed by atoms with E-state index in [2.05, 4.69) is 5.32 Å². The molecule has 0 fully saturated rings. The number of nitrogens with one attached hydrogen (secondary N) is 1. The van der Waals surface area contributed by atoms with E-state index in [4.69, 9.17) is 5.73 Å². The third kappa shape index (κ3) is 6.06. The number of halogens is 3. The molecule has 1 aromatic carbocycles. The molecule has 0 bridgehead atoms. The van der Waals surface area contributed by atoms with E-state index in [9.17, 15) is 18.0 Å². The van der Waals surface area contributed by atoms with Gasteiger partial charge in [-0.05, 0) is 30.5 Å². The van der Waals surface area contributed by atoms with Gasteiger partial charge in [0.2, 0.25) is 5.91 Å². The lowest BCUT2D eigenvalue weighted by molar-refractivity contribution is -0.134. The molecule has 1 amide bonds. The predicted octanol–water partition coefficient (Wildman–Crippen LogP) is 3.25. The minimum atomic E-state index is -4.15. The van der Waals surface area contributed by atoms with Gasteiger partial charge < -0.3 is 11.1 Å². The molecule has 0 saturated carbocycles. The van der Waals surface area contributed by atoms with Gasteiger partial charge in [-0.1, -0.05) is 25.5 Å². The number of nitrogens with two attached hydrogens (primary N) is 1. The lowest BCUT2D eigenvalue weighted by Gasteiger charge is -2.12. The fourth-order valence-electron chi connectivity index (χ4n) is 1.72. The molecule has 3 nitrogen and oxygen atoms in total. The largest absolute Gasteiger partial charge is 0.389 e. The Balaban J connectivity index is 2.52. The zero-order chi connectivity index (χ0) is 15.2. The van der Waals surface area contributed by atoms with Crippen LogP contribution in [0.4, 0.5) is 18.9 Å². The number of benzene rings is 1. The maximum absolute atomic E-state index is 12.1. The van der Waals surface area contributed by atoms with Crippen molar-refractivity contribution in [3.8, 4) is 0 Å². The van der Waals surface area contributed by atoms with Gasteiger partial charge in [-0.15, -0.1) is 0 Å². The number of anilines is 1. The van der Waals surface area contributed by atoms with Crippen molar-refractivity contribution in [2.45, 2.75) is 44.8 Å². The Hall–Kier alpha value is -1.56. The number of amides is 1. The summed E-state index contributed by atoms with van der Waals surface area (Å²) in [5.74, 6) is -0.283. The van der Waals surface area contributed by atoms with Crippen LogP contribution in [-0.4, -0.2) is 18.1 Å². The van der Waals surface area contributed by atoms with Crippen molar-refractivity contribution in [2.75, 3.05) is 5.32 Å². The molecule has 3 N–H and O–H groups in total. The van der Waals surface area contributed by atoms with Crippen molar-refractivity contribution in [3.05, 3.63) is 29.8 Å². The summed E-state index contributed by atoms with van der Waals surface area (Å²) >= 11 is 0. The molecule has 1 atom stereocenters. The van der Waals surface area contributed by atoms with E-state index in [0.717, 1.165) is 6.42 Å². The van der Waals surface area contributed by atoms with E-state index in [1.165, 1.54) is 0 Å². The SMILES string of the molecule is CCCC(N)C(=O)Nc1ccc(CCC(F)(F)F)cc1. The predicted molar refractivity (Wildman–Crippen MR) is 72.3 cm³/mol. The number of rotatable bonds is 6. The average Bonchev–Trinajstić information content (AvgIpc) is 2.37. The molecule has 0 aliphatic rings. The summed E-state index contributed by atoms with van der Waals surface area (Å²) in [6.45, 7) is 1.93. The van der Waals surface area contributed by atoms with E-state index in [0.29, 0.717) is 17.7 Å². The molecule has 0 aromatic heterocycles. The number of hydrogen-bond donors (Lipinski definition) is 2. The summed E-state index contributed by atoms with van der Waals surface area (Å²) < 4.78 is 36.2. The van der Waals surface area contributed by atoms with Gasteiger partial charge >= 0.3 is 6.18 Å². The van der Waals surface area contributed by atoms with Gasteiger partial charge in [0.25, 0.3) is 0 Å². The van der Waals surface area contributed by atoms with Gasteiger partial charge in [0.15, 0.2) is 0 Å². The van der Waals surface area contributed by atoms with Gasteiger partial charge in [0.1, 0.15) is 0 Å². The molecular weight excluding hydrogens is 269 g/mol. The lowest BCUT2D eigenvalue weighted by atomic mass is 10.1. The first-order valence-electron chi connectivity index (χ1n) is 6.54.